The highest BCUT2D eigenvalue weighted by atomic mass is 16.7. The quantitative estimate of drug-likeness (QED) is 0.302. The normalized spacial score (nSPS) is 13.1. The number of allylic oxidation sites excluding steroid dienone is 1. The summed E-state index contributed by atoms with van der Waals surface area (Å²) in [4.78, 5) is 11.1. The van der Waals surface area contributed by atoms with Crippen molar-refractivity contribution in [2.24, 2.45) is 11.8 Å². The highest BCUT2D eigenvalue weighted by Crippen LogP contribution is 2.18. The second-order valence-electron chi connectivity index (χ2n) is 7.92. The molecule has 0 unspecified atom stereocenters. The maximum Gasteiger partial charge on any atom is 0.308 e. The van der Waals surface area contributed by atoms with E-state index in [4.69, 9.17) is 18.9 Å². The van der Waals surface area contributed by atoms with Crippen LogP contribution < -0.4 is 0 Å². The summed E-state index contributed by atoms with van der Waals surface area (Å²) >= 11 is 0. The van der Waals surface area contributed by atoms with E-state index in [9.17, 15) is 4.79 Å². The monoisotopic (exact) mass is 470 g/mol. The van der Waals surface area contributed by atoms with Gasteiger partial charge in [-0.2, -0.15) is 0 Å². The summed E-state index contributed by atoms with van der Waals surface area (Å²) in [6, 6.07) is 9.67. The smallest absolute Gasteiger partial charge is 0.308 e. The Labute approximate surface area is 205 Å². The zero-order chi connectivity index (χ0) is 24.3. The van der Waals surface area contributed by atoms with E-state index in [2.05, 4.69) is 20.4 Å². The molecule has 0 amide bonds. The zero-order valence-corrected chi connectivity index (χ0v) is 21.3. The molecular formula is C28H54O5. The first kappa shape index (κ1) is 38.6. The lowest BCUT2D eigenvalue weighted by molar-refractivity contribution is -0.187. The minimum atomic E-state index is -0.496. The van der Waals surface area contributed by atoms with Gasteiger partial charge >= 0.3 is 5.97 Å². The van der Waals surface area contributed by atoms with Crippen LogP contribution in [0.5, 0.6) is 0 Å². The van der Waals surface area contributed by atoms with E-state index in [0.717, 1.165) is 5.56 Å². The SMILES string of the molecule is C.C.C=CC(C)C.CC.CC(C)C(=O)OCc1ccccc1.CC(C)OCC1(C)OCCO1. The lowest BCUT2D eigenvalue weighted by Crippen LogP contribution is -2.33. The highest BCUT2D eigenvalue weighted by Gasteiger charge is 2.31. The first-order valence-electron chi connectivity index (χ1n) is 11.3. The maximum absolute atomic E-state index is 11.1. The first-order chi connectivity index (χ1) is 14.6. The van der Waals surface area contributed by atoms with Crippen molar-refractivity contribution < 1.29 is 23.7 Å². The number of hydrogen-bond acceptors (Lipinski definition) is 5. The summed E-state index contributed by atoms with van der Waals surface area (Å²) in [6.07, 6.45) is 2.15. The van der Waals surface area contributed by atoms with Gasteiger partial charge in [0.05, 0.1) is 25.2 Å². The molecule has 1 aromatic carbocycles. The van der Waals surface area contributed by atoms with Crippen molar-refractivity contribution in [3.8, 4) is 0 Å². The molecule has 1 saturated heterocycles. The fourth-order valence-corrected chi connectivity index (χ4v) is 1.85. The van der Waals surface area contributed by atoms with Crippen molar-refractivity contribution in [3.05, 3.63) is 48.6 Å². The molecule has 196 valence electrons. The molecule has 1 aliphatic heterocycles. The molecule has 0 radical (unpaired) electrons. The number of esters is 1. The van der Waals surface area contributed by atoms with E-state index < -0.39 is 5.79 Å². The van der Waals surface area contributed by atoms with E-state index >= 15 is 0 Å². The van der Waals surface area contributed by atoms with E-state index in [1.165, 1.54) is 0 Å². The van der Waals surface area contributed by atoms with Crippen molar-refractivity contribution in [2.75, 3.05) is 19.8 Å². The molecule has 0 aliphatic carbocycles. The van der Waals surface area contributed by atoms with Crippen molar-refractivity contribution >= 4 is 5.97 Å². The fourth-order valence-electron chi connectivity index (χ4n) is 1.85. The van der Waals surface area contributed by atoms with Crippen LogP contribution in [0, 0.1) is 11.8 Å². The van der Waals surface area contributed by atoms with Crippen LogP contribution in [0.2, 0.25) is 0 Å². The van der Waals surface area contributed by atoms with Crippen LogP contribution in [-0.2, 0) is 30.3 Å². The van der Waals surface area contributed by atoms with Crippen molar-refractivity contribution in [1.82, 2.24) is 0 Å². The lowest BCUT2D eigenvalue weighted by Gasteiger charge is -2.23. The Hall–Kier alpha value is -1.69. The first-order valence-corrected chi connectivity index (χ1v) is 11.3. The van der Waals surface area contributed by atoms with Gasteiger partial charge in [-0.1, -0.05) is 92.8 Å². The van der Waals surface area contributed by atoms with E-state index in [0.29, 0.717) is 32.3 Å². The van der Waals surface area contributed by atoms with Gasteiger partial charge in [-0.05, 0) is 32.3 Å². The van der Waals surface area contributed by atoms with Crippen LogP contribution >= 0.6 is 0 Å². The molecule has 2 rings (SSSR count). The number of benzene rings is 1. The molecule has 33 heavy (non-hydrogen) atoms. The Morgan fingerprint density at radius 2 is 1.48 bits per heavy atom. The van der Waals surface area contributed by atoms with Crippen LogP contribution in [0.1, 0.15) is 82.7 Å². The molecule has 0 aromatic heterocycles. The Balaban J connectivity index is -0.000000192. The molecule has 0 saturated carbocycles. The van der Waals surface area contributed by atoms with Gasteiger partial charge in [0.2, 0.25) is 0 Å². The number of ether oxygens (including phenoxy) is 4. The average Bonchev–Trinajstić information content (AvgIpc) is 3.20. The van der Waals surface area contributed by atoms with Gasteiger partial charge < -0.3 is 18.9 Å². The highest BCUT2D eigenvalue weighted by molar-refractivity contribution is 5.71. The van der Waals surface area contributed by atoms with E-state index in [-0.39, 0.29) is 32.8 Å². The molecule has 1 fully saturated rings. The number of carbonyl (C=O) groups is 1. The number of rotatable bonds is 7. The van der Waals surface area contributed by atoms with E-state index in [1.54, 1.807) is 0 Å². The molecule has 1 aliphatic rings. The van der Waals surface area contributed by atoms with E-state index in [1.807, 2.05) is 84.9 Å². The largest absolute Gasteiger partial charge is 0.461 e. The van der Waals surface area contributed by atoms with Gasteiger partial charge in [0, 0.05) is 0 Å². The average molecular weight is 471 g/mol. The van der Waals surface area contributed by atoms with Crippen molar-refractivity contribution in [1.29, 1.82) is 0 Å². The van der Waals surface area contributed by atoms with Gasteiger partial charge in [0.25, 0.3) is 0 Å². The van der Waals surface area contributed by atoms with Gasteiger partial charge in [-0.15, -0.1) is 6.58 Å². The molecule has 1 heterocycles. The van der Waals surface area contributed by atoms with Crippen LogP contribution in [0.3, 0.4) is 0 Å². The van der Waals surface area contributed by atoms with Crippen LogP contribution in [0.25, 0.3) is 0 Å². The molecule has 0 bridgehead atoms. The summed E-state index contributed by atoms with van der Waals surface area (Å²) in [7, 11) is 0. The van der Waals surface area contributed by atoms with Gasteiger partial charge in [0.1, 0.15) is 13.2 Å². The van der Waals surface area contributed by atoms with Gasteiger partial charge in [-0.25, -0.2) is 0 Å². The Bertz CT molecular complexity index is 547. The summed E-state index contributed by atoms with van der Waals surface area (Å²) in [5.41, 5.74) is 1.02. The summed E-state index contributed by atoms with van der Waals surface area (Å²) in [5.74, 6) is -0.0489. The number of hydrogen-bond donors (Lipinski definition) is 0. The summed E-state index contributed by atoms with van der Waals surface area (Å²) in [6.45, 7) is 23.6. The molecular weight excluding hydrogens is 416 g/mol. The predicted octanol–water partition coefficient (Wildman–Crippen LogP) is 7.69. The van der Waals surface area contributed by atoms with Crippen molar-refractivity contribution in [3.63, 3.8) is 0 Å². The second kappa shape index (κ2) is 23.5. The second-order valence-corrected chi connectivity index (χ2v) is 7.92. The molecule has 5 nitrogen and oxygen atoms in total. The Morgan fingerprint density at radius 3 is 1.85 bits per heavy atom. The summed E-state index contributed by atoms with van der Waals surface area (Å²) in [5, 5.41) is 0. The molecule has 1 aromatic rings. The fraction of sp³-hybridized carbons (Fsp3) is 0.679. The molecule has 5 heteroatoms. The Kier molecular flexibility index (Phi) is 27.4. The molecule has 0 spiro atoms. The lowest BCUT2D eigenvalue weighted by atomic mass is 10.2. The minimum absolute atomic E-state index is 0. The topological polar surface area (TPSA) is 54.0 Å². The third-order valence-corrected chi connectivity index (χ3v) is 3.74. The van der Waals surface area contributed by atoms with Gasteiger partial charge in [-0.3, -0.25) is 4.79 Å². The maximum atomic E-state index is 11.1. The third kappa shape index (κ3) is 23.3. The third-order valence-electron chi connectivity index (χ3n) is 3.74. The van der Waals surface area contributed by atoms with Gasteiger partial charge in [0.15, 0.2) is 5.79 Å². The Morgan fingerprint density at radius 1 is 1.03 bits per heavy atom. The molecule has 0 N–H and O–H groups in total. The minimum Gasteiger partial charge on any atom is -0.461 e. The van der Waals surface area contributed by atoms with Crippen LogP contribution in [0.15, 0.2) is 43.0 Å². The standard InChI is InChI=1S/C11H14O2.C8H16O3.C5H10.C2H6.2CH4/c1-9(2)11(12)13-8-10-6-4-3-5-7-10;1-7(2)9-6-8(3)10-4-5-11-8;1-4-5(2)3;1-2;;/h3-7,9H,8H2,1-2H3;7H,4-6H2,1-3H3;4-5H,1H2,2-3H3;1-2H3;2*1H4. The van der Waals surface area contributed by atoms with Crippen LogP contribution in [0.4, 0.5) is 0 Å². The van der Waals surface area contributed by atoms with Crippen molar-refractivity contribution in [2.45, 2.75) is 95.7 Å². The predicted molar refractivity (Wildman–Crippen MR) is 142 cm³/mol. The van der Waals surface area contributed by atoms with Crippen LogP contribution in [-0.4, -0.2) is 37.7 Å². The zero-order valence-electron chi connectivity index (χ0n) is 21.3. The number of carbonyl (C=O) groups excluding carboxylic acids is 1. The molecule has 0 atom stereocenters. The summed E-state index contributed by atoms with van der Waals surface area (Å²) < 4.78 is 21.1.